The molecule has 1 aliphatic carbocycles. The molecular formula is C8H8Cl2O3. The molecule has 13 heavy (non-hydrogen) atoms. The van der Waals surface area contributed by atoms with Gasteiger partial charge in [-0.25, -0.2) is 4.79 Å². The molecule has 0 radical (unpaired) electrons. The van der Waals surface area contributed by atoms with E-state index < -0.39 is 10.3 Å². The van der Waals surface area contributed by atoms with E-state index in [1.165, 1.54) is 0 Å². The number of carbonyl (C=O) groups is 1. The first kappa shape index (κ1) is 8.33. The number of rotatable bonds is 0. The van der Waals surface area contributed by atoms with E-state index in [0.717, 1.165) is 12.8 Å². The summed E-state index contributed by atoms with van der Waals surface area (Å²) in [6.45, 7) is 0. The fourth-order valence-corrected chi connectivity index (χ4v) is 2.82. The number of halogens is 2. The van der Waals surface area contributed by atoms with Crippen LogP contribution in [0.3, 0.4) is 0 Å². The number of hydrogen-bond acceptors (Lipinski definition) is 3. The van der Waals surface area contributed by atoms with Gasteiger partial charge in [-0.3, -0.25) is 0 Å². The van der Waals surface area contributed by atoms with Gasteiger partial charge in [0, 0.05) is 12.3 Å². The topological polar surface area (TPSA) is 38.8 Å². The molecule has 1 saturated carbocycles. The van der Waals surface area contributed by atoms with Crippen molar-refractivity contribution >= 4 is 29.2 Å². The zero-order chi connectivity index (χ0) is 9.22. The van der Waals surface area contributed by atoms with Gasteiger partial charge < -0.3 is 9.47 Å². The maximum Gasteiger partial charge on any atom is 0.343 e. The molecule has 0 aromatic carbocycles. The highest BCUT2D eigenvalue weighted by Gasteiger charge is 2.62. The number of esters is 1. The van der Waals surface area contributed by atoms with Gasteiger partial charge in [0.25, 0.3) is 0 Å². The summed E-state index contributed by atoms with van der Waals surface area (Å²) < 4.78 is 9.08. The Bertz CT molecular complexity index is 279. The van der Waals surface area contributed by atoms with E-state index in [4.69, 9.17) is 32.7 Å². The summed E-state index contributed by atoms with van der Waals surface area (Å²) in [4.78, 5) is 11.3. The van der Waals surface area contributed by atoms with Crippen LogP contribution in [0.25, 0.3) is 0 Å². The van der Waals surface area contributed by atoms with Crippen molar-refractivity contribution in [2.45, 2.75) is 35.5 Å². The SMILES string of the molecule is O=C1OC2CC3OC3CC2C1(Cl)Cl. The molecule has 3 fully saturated rings. The molecule has 0 amide bonds. The van der Waals surface area contributed by atoms with E-state index in [1.807, 2.05) is 0 Å². The van der Waals surface area contributed by atoms with Crippen LogP contribution < -0.4 is 0 Å². The minimum atomic E-state index is -1.35. The molecule has 4 atom stereocenters. The van der Waals surface area contributed by atoms with Crippen LogP contribution in [-0.4, -0.2) is 28.6 Å². The van der Waals surface area contributed by atoms with Gasteiger partial charge in [0.1, 0.15) is 6.10 Å². The third-order valence-corrected chi connectivity index (χ3v) is 3.95. The zero-order valence-electron chi connectivity index (χ0n) is 6.70. The Hall–Kier alpha value is 0.01000. The Balaban J connectivity index is 1.89. The zero-order valence-corrected chi connectivity index (χ0v) is 8.22. The van der Waals surface area contributed by atoms with Crippen molar-refractivity contribution in [3.63, 3.8) is 0 Å². The van der Waals surface area contributed by atoms with Crippen LogP contribution in [-0.2, 0) is 14.3 Å². The normalized spacial score (nSPS) is 50.8. The lowest BCUT2D eigenvalue weighted by molar-refractivity contribution is -0.142. The quantitative estimate of drug-likeness (QED) is 0.352. The first-order valence-corrected chi connectivity index (χ1v) is 5.09. The average molecular weight is 223 g/mol. The molecule has 0 aromatic rings. The Labute approximate surface area is 85.3 Å². The van der Waals surface area contributed by atoms with E-state index in [9.17, 15) is 4.79 Å². The maximum absolute atomic E-state index is 11.3. The molecule has 2 saturated heterocycles. The fourth-order valence-electron chi connectivity index (χ4n) is 2.27. The van der Waals surface area contributed by atoms with E-state index in [-0.39, 0.29) is 24.2 Å². The van der Waals surface area contributed by atoms with E-state index in [0.29, 0.717) is 0 Å². The standard InChI is InChI=1S/C8H8Cl2O3/c9-8(10)3-1-5-6(12-5)2-4(3)13-7(8)11/h3-6H,1-2H2. The van der Waals surface area contributed by atoms with Crippen molar-refractivity contribution in [2.24, 2.45) is 5.92 Å². The minimum Gasteiger partial charge on any atom is -0.460 e. The number of ether oxygens (including phenoxy) is 2. The number of fused-ring (bicyclic) bond motifs is 2. The van der Waals surface area contributed by atoms with Crippen molar-refractivity contribution in [3.8, 4) is 0 Å². The number of carbonyl (C=O) groups excluding carboxylic acids is 1. The third kappa shape index (κ3) is 1.04. The van der Waals surface area contributed by atoms with E-state index >= 15 is 0 Å². The summed E-state index contributed by atoms with van der Waals surface area (Å²) in [5.41, 5.74) is 0. The van der Waals surface area contributed by atoms with Gasteiger partial charge in [0.2, 0.25) is 4.33 Å². The summed E-state index contributed by atoms with van der Waals surface area (Å²) in [5.74, 6) is -0.584. The molecule has 2 aliphatic heterocycles. The highest BCUT2D eigenvalue weighted by atomic mass is 35.5. The van der Waals surface area contributed by atoms with Gasteiger partial charge >= 0.3 is 5.97 Å². The molecule has 3 rings (SSSR count). The van der Waals surface area contributed by atoms with Crippen molar-refractivity contribution in [1.29, 1.82) is 0 Å². The van der Waals surface area contributed by atoms with Gasteiger partial charge in [0.05, 0.1) is 12.2 Å². The van der Waals surface area contributed by atoms with Gasteiger partial charge in [-0.15, -0.1) is 0 Å². The minimum absolute atomic E-state index is 0.0907. The second kappa shape index (κ2) is 2.33. The lowest BCUT2D eigenvalue weighted by Gasteiger charge is -2.23. The largest absolute Gasteiger partial charge is 0.460 e. The lowest BCUT2D eigenvalue weighted by Crippen LogP contribution is -2.34. The van der Waals surface area contributed by atoms with E-state index in [1.54, 1.807) is 0 Å². The molecule has 0 spiro atoms. The van der Waals surface area contributed by atoms with Gasteiger partial charge in [-0.1, -0.05) is 23.2 Å². The van der Waals surface area contributed by atoms with Crippen LogP contribution in [0.15, 0.2) is 0 Å². The van der Waals surface area contributed by atoms with Gasteiger partial charge in [-0.2, -0.15) is 0 Å². The number of epoxide rings is 1. The van der Waals surface area contributed by atoms with Crippen LogP contribution in [0.2, 0.25) is 0 Å². The molecule has 4 unspecified atom stereocenters. The summed E-state index contributed by atoms with van der Waals surface area (Å²) in [6.07, 6.45) is 1.89. The second-order valence-corrected chi connectivity index (χ2v) is 5.24. The summed E-state index contributed by atoms with van der Waals surface area (Å²) in [6, 6.07) is 0. The first-order chi connectivity index (χ1) is 6.09. The Kier molecular flexibility index (Phi) is 1.49. The molecule has 0 N–H and O–H groups in total. The van der Waals surface area contributed by atoms with E-state index in [2.05, 4.69) is 0 Å². The molecule has 0 bridgehead atoms. The number of alkyl halides is 2. The number of hydrogen-bond donors (Lipinski definition) is 0. The summed E-state index contributed by atoms with van der Waals surface area (Å²) in [7, 11) is 0. The highest BCUT2D eigenvalue weighted by Crippen LogP contribution is 2.52. The summed E-state index contributed by atoms with van der Waals surface area (Å²) >= 11 is 11.8. The lowest BCUT2D eigenvalue weighted by atomic mass is 9.86. The van der Waals surface area contributed by atoms with Crippen LogP contribution in [0.4, 0.5) is 0 Å². The molecule has 5 heteroatoms. The van der Waals surface area contributed by atoms with Crippen molar-refractivity contribution < 1.29 is 14.3 Å². The van der Waals surface area contributed by atoms with Crippen molar-refractivity contribution in [1.82, 2.24) is 0 Å². The maximum atomic E-state index is 11.3. The molecular weight excluding hydrogens is 215 g/mol. The van der Waals surface area contributed by atoms with Crippen LogP contribution in [0.1, 0.15) is 12.8 Å². The molecule has 3 nitrogen and oxygen atoms in total. The van der Waals surface area contributed by atoms with Crippen LogP contribution in [0.5, 0.6) is 0 Å². The summed E-state index contributed by atoms with van der Waals surface area (Å²) in [5, 5.41) is 0. The van der Waals surface area contributed by atoms with Gasteiger partial charge in [-0.05, 0) is 6.42 Å². The van der Waals surface area contributed by atoms with Crippen LogP contribution in [0, 0.1) is 5.92 Å². The van der Waals surface area contributed by atoms with Crippen molar-refractivity contribution in [2.75, 3.05) is 0 Å². The fraction of sp³-hybridized carbons (Fsp3) is 0.875. The second-order valence-electron chi connectivity index (χ2n) is 3.86. The Morgan fingerprint density at radius 3 is 2.69 bits per heavy atom. The highest BCUT2D eigenvalue weighted by molar-refractivity contribution is 6.58. The molecule has 72 valence electrons. The molecule has 3 aliphatic rings. The third-order valence-electron chi connectivity index (χ3n) is 3.08. The predicted molar refractivity (Wildman–Crippen MR) is 45.7 cm³/mol. The van der Waals surface area contributed by atoms with Gasteiger partial charge in [0.15, 0.2) is 0 Å². The Morgan fingerprint density at radius 2 is 1.92 bits per heavy atom. The molecule has 0 aromatic heterocycles. The molecule has 2 heterocycles. The average Bonchev–Trinajstić information content (AvgIpc) is 2.75. The van der Waals surface area contributed by atoms with Crippen molar-refractivity contribution in [3.05, 3.63) is 0 Å². The monoisotopic (exact) mass is 222 g/mol. The first-order valence-electron chi connectivity index (χ1n) is 4.33. The smallest absolute Gasteiger partial charge is 0.343 e. The Morgan fingerprint density at radius 1 is 1.23 bits per heavy atom. The van der Waals surface area contributed by atoms with Crippen LogP contribution >= 0.6 is 23.2 Å². The predicted octanol–water partition coefficient (Wildman–Crippen LogP) is 1.26.